The second-order valence-electron chi connectivity index (χ2n) is 3.22. The molecule has 0 heterocycles. The maximum Gasteiger partial charge on any atom is 0.404 e. The van der Waals surface area contributed by atoms with E-state index >= 15 is 0 Å². The molecule has 0 aromatic heterocycles. The highest BCUT2D eigenvalue weighted by Gasteiger charge is 1.99. The van der Waals surface area contributed by atoms with Gasteiger partial charge in [-0.3, -0.25) is 0 Å². The first-order valence-corrected chi connectivity index (χ1v) is 4.32. The van der Waals surface area contributed by atoms with E-state index in [1.165, 1.54) is 0 Å². The van der Waals surface area contributed by atoms with Crippen LogP contribution in [-0.4, -0.2) is 25.3 Å². The Kier molecular flexibility index (Phi) is 3.34. The molecule has 0 saturated heterocycles. The van der Waals surface area contributed by atoms with Crippen molar-refractivity contribution in [3.8, 4) is 0 Å². The minimum atomic E-state index is -1.000. The highest BCUT2D eigenvalue weighted by molar-refractivity contribution is 5.64. The molecule has 76 valence electrons. The van der Waals surface area contributed by atoms with Crippen LogP contribution in [0.15, 0.2) is 24.3 Å². The van der Waals surface area contributed by atoms with E-state index in [1.54, 1.807) is 0 Å². The van der Waals surface area contributed by atoms with Crippen molar-refractivity contribution in [3.63, 3.8) is 0 Å². The van der Waals surface area contributed by atoms with Crippen LogP contribution in [0, 0.1) is 0 Å². The fourth-order valence-electron chi connectivity index (χ4n) is 1.12. The molecule has 0 spiro atoms. The number of nitrogens with one attached hydrogen (secondary N) is 1. The molecule has 0 atom stereocenters. The van der Waals surface area contributed by atoms with Gasteiger partial charge in [0.15, 0.2) is 0 Å². The third-order valence-electron chi connectivity index (χ3n) is 1.87. The summed E-state index contributed by atoms with van der Waals surface area (Å²) < 4.78 is 0. The molecule has 0 bridgehead atoms. The molecule has 1 rings (SSSR count). The number of nitrogens with zero attached hydrogens (tertiary/aromatic N) is 1. The van der Waals surface area contributed by atoms with Crippen LogP contribution in [0.2, 0.25) is 0 Å². The average molecular weight is 194 g/mol. The molecule has 2 N–H and O–H groups in total. The Morgan fingerprint density at radius 3 is 2.79 bits per heavy atom. The lowest BCUT2D eigenvalue weighted by atomic mass is 10.2. The third-order valence-corrected chi connectivity index (χ3v) is 1.87. The zero-order chi connectivity index (χ0) is 10.6. The van der Waals surface area contributed by atoms with E-state index in [2.05, 4.69) is 5.32 Å². The van der Waals surface area contributed by atoms with Crippen LogP contribution < -0.4 is 10.2 Å². The van der Waals surface area contributed by atoms with Crippen molar-refractivity contribution in [1.82, 2.24) is 5.32 Å². The minimum absolute atomic E-state index is 0.344. The van der Waals surface area contributed by atoms with Gasteiger partial charge in [-0.25, -0.2) is 4.79 Å². The summed E-state index contributed by atoms with van der Waals surface area (Å²) in [5, 5.41) is 10.8. The smallest absolute Gasteiger partial charge is 0.404 e. The summed E-state index contributed by atoms with van der Waals surface area (Å²) in [5.74, 6) is 0. The largest absolute Gasteiger partial charge is 0.465 e. The van der Waals surface area contributed by atoms with Crippen LogP contribution in [0.3, 0.4) is 0 Å². The Hall–Kier alpha value is -1.71. The Balaban J connectivity index is 2.68. The van der Waals surface area contributed by atoms with Crippen LogP contribution in [0.4, 0.5) is 10.5 Å². The number of anilines is 1. The van der Waals surface area contributed by atoms with Gasteiger partial charge in [-0.2, -0.15) is 0 Å². The van der Waals surface area contributed by atoms with Crippen molar-refractivity contribution in [1.29, 1.82) is 0 Å². The monoisotopic (exact) mass is 194 g/mol. The van der Waals surface area contributed by atoms with Crippen molar-refractivity contribution < 1.29 is 9.90 Å². The zero-order valence-electron chi connectivity index (χ0n) is 8.32. The van der Waals surface area contributed by atoms with Crippen LogP contribution in [0.25, 0.3) is 0 Å². The van der Waals surface area contributed by atoms with Crippen LogP contribution in [0.5, 0.6) is 0 Å². The minimum Gasteiger partial charge on any atom is -0.465 e. The van der Waals surface area contributed by atoms with Gasteiger partial charge in [0, 0.05) is 26.3 Å². The molecule has 1 amide bonds. The SMILES string of the molecule is CN(C)c1cccc(CNC(=O)O)c1. The zero-order valence-corrected chi connectivity index (χ0v) is 8.32. The summed E-state index contributed by atoms with van der Waals surface area (Å²) >= 11 is 0. The number of hydrogen-bond donors (Lipinski definition) is 2. The van der Waals surface area contributed by atoms with Crippen molar-refractivity contribution in [3.05, 3.63) is 29.8 Å². The lowest BCUT2D eigenvalue weighted by Crippen LogP contribution is -2.20. The predicted octanol–water partition coefficient (Wildman–Crippen LogP) is 1.52. The van der Waals surface area contributed by atoms with Gasteiger partial charge in [0.25, 0.3) is 0 Å². The van der Waals surface area contributed by atoms with Crippen molar-refractivity contribution in [2.45, 2.75) is 6.54 Å². The second kappa shape index (κ2) is 4.50. The first-order chi connectivity index (χ1) is 6.59. The fourth-order valence-corrected chi connectivity index (χ4v) is 1.12. The molecule has 4 heteroatoms. The van der Waals surface area contributed by atoms with Crippen molar-refractivity contribution >= 4 is 11.8 Å². The van der Waals surface area contributed by atoms with Crippen molar-refractivity contribution in [2.75, 3.05) is 19.0 Å². The Morgan fingerprint density at radius 2 is 2.21 bits per heavy atom. The van der Waals surface area contributed by atoms with Gasteiger partial charge in [-0.1, -0.05) is 12.1 Å². The Labute approximate surface area is 83.2 Å². The summed E-state index contributed by atoms with van der Waals surface area (Å²) in [6.45, 7) is 0.344. The highest BCUT2D eigenvalue weighted by Crippen LogP contribution is 2.12. The first-order valence-electron chi connectivity index (χ1n) is 4.32. The third kappa shape index (κ3) is 2.97. The number of amides is 1. The lowest BCUT2D eigenvalue weighted by Gasteiger charge is -2.13. The maximum atomic E-state index is 10.3. The molecule has 14 heavy (non-hydrogen) atoms. The summed E-state index contributed by atoms with van der Waals surface area (Å²) in [6, 6.07) is 7.73. The van der Waals surface area contributed by atoms with E-state index in [-0.39, 0.29) is 0 Å². The Bertz CT molecular complexity index is 324. The molecule has 4 nitrogen and oxygen atoms in total. The van der Waals surface area contributed by atoms with E-state index < -0.39 is 6.09 Å². The average Bonchev–Trinajstić information content (AvgIpc) is 2.15. The molecule has 0 aliphatic rings. The molecule has 0 saturated carbocycles. The standard InChI is InChI=1S/C10H14N2O2/c1-12(2)9-5-3-4-8(6-9)7-11-10(13)14/h3-6,11H,7H2,1-2H3,(H,13,14). The molecule has 0 fully saturated rings. The number of benzene rings is 1. The van der Waals surface area contributed by atoms with Crippen LogP contribution in [0.1, 0.15) is 5.56 Å². The van der Waals surface area contributed by atoms with Gasteiger partial charge in [-0.15, -0.1) is 0 Å². The number of carboxylic acid groups (broad SMARTS) is 1. The van der Waals surface area contributed by atoms with Gasteiger partial charge in [-0.05, 0) is 17.7 Å². The van der Waals surface area contributed by atoms with E-state index in [1.807, 2.05) is 43.3 Å². The van der Waals surface area contributed by atoms with E-state index in [0.717, 1.165) is 11.3 Å². The number of carbonyl (C=O) groups is 1. The summed E-state index contributed by atoms with van der Waals surface area (Å²) in [6.07, 6.45) is -1.000. The molecular formula is C10H14N2O2. The molecule has 0 unspecified atom stereocenters. The number of hydrogen-bond acceptors (Lipinski definition) is 2. The molecule has 1 aromatic carbocycles. The Morgan fingerprint density at radius 1 is 1.50 bits per heavy atom. The van der Waals surface area contributed by atoms with E-state index in [0.29, 0.717) is 6.54 Å². The van der Waals surface area contributed by atoms with Gasteiger partial charge in [0.05, 0.1) is 0 Å². The fraction of sp³-hybridized carbons (Fsp3) is 0.300. The summed E-state index contributed by atoms with van der Waals surface area (Å²) in [7, 11) is 3.90. The molecular weight excluding hydrogens is 180 g/mol. The molecule has 0 aliphatic heterocycles. The second-order valence-corrected chi connectivity index (χ2v) is 3.22. The van der Waals surface area contributed by atoms with Gasteiger partial charge in [0.2, 0.25) is 0 Å². The normalized spacial score (nSPS) is 9.57. The highest BCUT2D eigenvalue weighted by atomic mass is 16.4. The topological polar surface area (TPSA) is 52.6 Å². The first kappa shape index (κ1) is 10.4. The summed E-state index contributed by atoms with van der Waals surface area (Å²) in [4.78, 5) is 12.2. The molecule has 0 radical (unpaired) electrons. The van der Waals surface area contributed by atoms with Crippen molar-refractivity contribution in [2.24, 2.45) is 0 Å². The van der Waals surface area contributed by atoms with E-state index in [9.17, 15) is 4.79 Å². The molecule has 1 aromatic rings. The quantitative estimate of drug-likeness (QED) is 0.767. The predicted molar refractivity (Wildman–Crippen MR) is 55.6 cm³/mol. The molecule has 0 aliphatic carbocycles. The summed E-state index contributed by atoms with van der Waals surface area (Å²) in [5.41, 5.74) is 2.02. The maximum absolute atomic E-state index is 10.3. The van der Waals surface area contributed by atoms with E-state index in [4.69, 9.17) is 5.11 Å². The van der Waals surface area contributed by atoms with Gasteiger partial charge < -0.3 is 15.3 Å². The van der Waals surface area contributed by atoms with Crippen LogP contribution in [-0.2, 0) is 6.54 Å². The van der Waals surface area contributed by atoms with Gasteiger partial charge >= 0.3 is 6.09 Å². The lowest BCUT2D eigenvalue weighted by molar-refractivity contribution is 0.194. The van der Waals surface area contributed by atoms with Crippen LogP contribution >= 0.6 is 0 Å². The number of rotatable bonds is 3. The van der Waals surface area contributed by atoms with Gasteiger partial charge in [0.1, 0.15) is 0 Å².